The molecule has 0 radical (unpaired) electrons. The summed E-state index contributed by atoms with van der Waals surface area (Å²) in [6, 6.07) is 0. The third-order valence-electron chi connectivity index (χ3n) is 2.49. The number of rotatable bonds is 4. The molecule has 1 rings (SSSR count). The third kappa shape index (κ3) is 3.64. The molecule has 5 heteroatoms. The quantitative estimate of drug-likeness (QED) is 0.587. The third-order valence-corrected chi connectivity index (χ3v) is 2.49. The lowest BCUT2D eigenvalue weighted by molar-refractivity contribution is -0.225. The molecule has 1 N–H and O–H groups in total. The van der Waals surface area contributed by atoms with Gasteiger partial charge in [-0.15, -0.1) is 0 Å². The molecule has 1 unspecified atom stereocenters. The molecule has 1 atom stereocenters. The van der Waals surface area contributed by atoms with Gasteiger partial charge in [0.1, 0.15) is 0 Å². The van der Waals surface area contributed by atoms with Crippen molar-refractivity contribution in [1.82, 2.24) is 0 Å². The highest BCUT2D eigenvalue weighted by Crippen LogP contribution is 2.26. The van der Waals surface area contributed by atoms with E-state index in [0.29, 0.717) is 6.42 Å². The molecule has 0 aromatic carbocycles. The van der Waals surface area contributed by atoms with E-state index >= 15 is 0 Å². The predicted molar refractivity (Wildman–Crippen MR) is 60.1 cm³/mol. The molecule has 1 fully saturated rings. The van der Waals surface area contributed by atoms with Crippen LogP contribution in [-0.2, 0) is 19.1 Å². The Hall–Kier alpha value is -1.20. The fraction of sp³-hybridized carbons (Fsp3) is 0.667. The summed E-state index contributed by atoms with van der Waals surface area (Å²) in [5, 5.41) is 9.51. The van der Waals surface area contributed by atoms with E-state index < -0.39 is 23.1 Å². The van der Waals surface area contributed by atoms with Crippen LogP contribution in [0.25, 0.3) is 0 Å². The van der Waals surface area contributed by atoms with Crippen molar-refractivity contribution in [2.75, 3.05) is 6.61 Å². The summed E-state index contributed by atoms with van der Waals surface area (Å²) in [4.78, 5) is 23.0. The van der Waals surface area contributed by atoms with Crippen LogP contribution in [-0.4, -0.2) is 34.9 Å². The van der Waals surface area contributed by atoms with Crippen LogP contribution < -0.4 is 0 Å². The fourth-order valence-corrected chi connectivity index (χ4v) is 1.47. The van der Waals surface area contributed by atoms with Crippen LogP contribution in [0.3, 0.4) is 0 Å². The smallest absolute Gasteiger partial charge is 0.313 e. The van der Waals surface area contributed by atoms with Crippen molar-refractivity contribution in [3.05, 3.63) is 12.2 Å². The molecule has 0 bridgehead atoms. The molecule has 1 heterocycles. The van der Waals surface area contributed by atoms with Crippen LogP contribution in [0.5, 0.6) is 0 Å². The van der Waals surface area contributed by atoms with Crippen molar-refractivity contribution >= 4 is 11.8 Å². The van der Waals surface area contributed by atoms with E-state index in [-0.39, 0.29) is 18.6 Å². The lowest BCUT2D eigenvalue weighted by Gasteiger charge is -2.32. The molecule has 1 aliphatic heterocycles. The summed E-state index contributed by atoms with van der Waals surface area (Å²) >= 11 is 0. The Bertz CT molecular complexity index is 352. The van der Waals surface area contributed by atoms with E-state index in [9.17, 15) is 14.7 Å². The zero-order valence-electron chi connectivity index (χ0n) is 10.4. The van der Waals surface area contributed by atoms with E-state index in [0.717, 1.165) is 0 Å². The van der Waals surface area contributed by atoms with E-state index in [1.165, 1.54) is 6.92 Å². The normalized spacial score (nSPS) is 26.0. The van der Waals surface area contributed by atoms with E-state index in [1.54, 1.807) is 13.8 Å². The minimum Gasteiger partial charge on any atom is -0.425 e. The molecule has 0 amide bonds. The van der Waals surface area contributed by atoms with Gasteiger partial charge in [0.25, 0.3) is 5.79 Å². The molecular weight excluding hydrogens is 224 g/mol. The van der Waals surface area contributed by atoms with Crippen LogP contribution >= 0.6 is 0 Å². The number of carbonyl (C=O) groups is 2. The highest BCUT2D eigenvalue weighted by molar-refractivity contribution is 6.06. The number of hydrogen-bond donors (Lipinski definition) is 1. The van der Waals surface area contributed by atoms with Gasteiger partial charge in [-0.3, -0.25) is 9.59 Å². The Balaban J connectivity index is 2.63. The van der Waals surface area contributed by atoms with Crippen molar-refractivity contribution in [3.8, 4) is 0 Å². The second-order valence-electron chi connectivity index (χ2n) is 4.94. The van der Waals surface area contributed by atoms with Crippen LogP contribution in [0, 0.1) is 0 Å². The lowest BCUT2D eigenvalue weighted by Crippen LogP contribution is -2.48. The second-order valence-corrected chi connectivity index (χ2v) is 4.94. The number of ketones is 1. The number of cyclic esters (lactones) is 1. The molecule has 0 aromatic rings. The van der Waals surface area contributed by atoms with E-state index in [1.807, 2.05) is 0 Å². The average Bonchev–Trinajstić information content (AvgIpc) is 2.11. The van der Waals surface area contributed by atoms with Crippen molar-refractivity contribution in [2.45, 2.75) is 45.0 Å². The number of Topliss-reactive ketones (excluding diaryl/α,β-unsaturated/α-hetero) is 1. The van der Waals surface area contributed by atoms with Gasteiger partial charge in [-0.05, 0) is 20.3 Å². The van der Waals surface area contributed by atoms with E-state index in [4.69, 9.17) is 9.47 Å². The largest absolute Gasteiger partial charge is 0.425 e. The maximum Gasteiger partial charge on any atom is 0.313 e. The molecular formula is C12H18O5. The van der Waals surface area contributed by atoms with Gasteiger partial charge in [0, 0.05) is 12.5 Å². The highest BCUT2D eigenvalue weighted by atomic mass is 16.7. The standard InChI is InChI=1S/C12H18O5/c1-8-7-9(13)17-12(4,10(8)14)16-6-5-11(2,3)15/h15H,1,5-7H2,2-4H3. The Kier molecular flexibility index (Phi) is 3.74. The zero-order chi connectivity index (χ0) is 13.3. The molecule has 5 nitrogen and oxygen atoms in total. The van der Waals surface area contributed by atoms with Gasteiger partial charge in [-0.1, -0.05) is 6.58 Å². The first-order valence-electron chi connectivity index (χ1n) is 5.45. The number of hydrogen-bond acceptors (Lipinski definition) is 5. The van der Waals surface area contributed by atoms with Crippen molar-refractivity contribution in [1.29, 1.82) is 0 Å². The molecule has 0 saturated carbocycles. The van der Waals surface area contributed by atoms with Crippen LogP contribution in [0.4, 0.5) is 0 Å². The van der Waals surface area contributed by atoms with Crippen LogP contribution in [0.1, 0.15) is 33.6 Å². The minimum absolute atomic E-state index is 0.0940. The maximum atomic E-state index is 11.8. The summed E-state index contributed by atoms with van der Waals surface area (Å²) < 4.78 is 10.2. The van der Waals surface area contributed by atoms with Crippen molar-refractivity contribution < 1.29 is 24.2 Å². The van der Waals surface area contributed by atoms with Crippen LogP contribution in [0.2, 0.25) is 0 Å². The van der Waals surface area contributed by atoms with Gasteiger partial charge < -0.3 is 14.6 Å². The summed E-state index contributed by atoms with van der Waals surface area (Å²) in [7, 11) is 0. The maximum absolute atomic E-state index is 11.8. The number of ether oxygens (including phenoxy) is 2. The molecule has 1 aliphatic rings. The second kappa shape index (κ2) is 4.58. The molecule has 96 valence electrons. The summed E-state index contributed by atoms with van der Waals surface area (Å²) in [5.74, 6) is -2.55. The van der Waals surface area contributed by atoms with Crippen molar-refractivity contribution in [2.24, 2.45) is 0 Å². The van der Waals surface area contributed by atoms with Gasteiger partial charge in [0.15, 0.2) is 0 Å². The number of carbonyl (C=O) groups excluding carboxylic acids is 2. The van der Waals surface area contributed by atoms with Gasteiger partial charge in [0.2, 0.25) is 5.78 Å². The number of aliphatic hydroxyl groups is 1. The summed E-state index contributed by atoms with van der Waals surface area (Å²) in [5.41, 5.74) is -0.707. The number of esters is 1. The Labute approximate surface area is 100 Å². The van der Waals surface area contributed by atoms with Gasteiger partial charge in [-0.25, -0.2) is 0 Å². The minimum atomic E-state index is -1.60. The average molecular weight is 242 g/mol. The van der Waals surface area contributed by atoms with Crippen LogP contribution in [0.15, 0.2) is 12.2 Å². The van der Waals surface area contributed by atoms with E-state index in [2.05, 4.69) is 6.58 Å². The Morgan fingerprint density at radius 1 is 1.53 bits per heavy atom. The molecule has 0 aliphatic carbocycles. The summed E-state index contributed by atoms with van der Waals surface area (Å²) in [6.45, 7) is 8.29. The predicted octanol–water partition coefficient (Wildman–Crippen LogP) is 0.952. The Morgan fingerprint density at radius 3 is 2.65 bits per heavy atom. The molecule has 0 aromatic heterocycles. The van der Waals surface area contributed by atoms with Gasteiger partial charge >= 0.3 is 5.97 Å². The van der Waals surface area contributed by atoms with Gasteiger partial charge in [0.05, 0.1) is 18.6 Å². The Morgan fingerprint density at radius 2 is 2.12 bits per heavy atom. The summed E-state index contributed by atoms with van der Waals surface area (Å²) in [6.07, 6.45) is 0.239. The highest BCUT2D eigenvalue weighted by Gasteiger charge is 2.44. The first-order chi connectivity index (χ1) is 7.64. The molecule has 0 spiro atoms. The zero-order valence-corrected chi connectivity index (χ0v) is 10.4. The lowest BCUT2D eigenvalue weighted by atomic mass is 10.00. The molecule has 1 saturated heterocycles. The van der Waals surface area contributed by atoms with Crippen molar-refractivity contribution in [3.63, 3.8) is 0 Å². The van der Waals surface area contributed by atoms with Gasteiger partial charge in [-0.2, -0.15) is 0 Å². The topological polar surface area (TPSA) is 72.8 Å². The fourth-order valence-electron chi connectivity index (χ4n) is 1.47. The monoisotopic (exact) mass is 242 g/mol. The SMILES string of the molecule is C=C1CC(=O)OC(C)(OCCC(C)(C)O)C1=O. The first-order valence-corrected chi connectivity index (χ1v) is 5.45. The molecule has 17 heavy (non-hydrogen) atoms. The first kappa shape index (κ1) is 13.9.